The van der Waals surface area contributed by atoms with Crippen molar-refractivity contribution < 1.29 is 9.90 Å². The molecule has 1 heterocycles. The van der Waals surface area contributed by atoms with Gasteiger partial charge in [-0.15, -0.1) is 0 Å². The van der Waals surface area contributed by atoms with Gasteiger partial charge >= 0.3 is 0 Å². The fourth-order valence-corrected chi connectivity index (χ4v) is 2.07. The van der Waals surface area contributed by atoms with Crippen molar-refractivity contribution in [2.45, 2.75) is 32.8 Å². The Labute approximate surface area is 91.4 Å². The first-order chi connectivity index (χ1) is 7.04. The number of hydrogen-bond acceptors (Lipinski definition) is 3. The van der Waals surface area contributed by atoms with Crippen LogP contribution in [0.2, 0.25) is 0 Å². The van der Waals surface area contributed by atoms with Crippen LogP contribution in [0.5, 0.6) is 0 Å². The average Bonchev–Trinajstić information content (AvgIpc) is 2.60. The molecule has 3 N–H and O–H groups in total. The van der Waals surface area contributed by atoms with Gasteiger partial charge in [-0.2, -0.15) is 0 Å². The van der Waals surface area contributed by atoms with E-state index in [2.05, 4.69) is 13.8 Å². The minimum absolute atomic E-state index is 0.0738. The highest BCUT2D eigenvalue weighted by atomic mass is 16.3. The van der Waals surface area contributed by atoms with Gasteiger partial charge in [-0.25, -0.2) is 0 Å². The number of nitrogens with two attached hydrogens (primary N) is 1. The first-order valence-electron chi connectivity index (χ1n) is 5.71. The third kappa shape index (κ3) is 3.47. The minimum atomic E-state index is -0.341. The largest absolute Gasteiger partial charge is 0.391 e. The summed E-state index contributed by atoms with van der Waals surface area (Å²) in [5.74, 6) is 0.521. The van der Waals surface area contributed by atoms with E-state index in [-0.39, 0.29) is 17.9 Å². The van der Waals surface area contributed by atoms with Gasteiger partial charge < -0.3 is 15.7 Å². The Morgan fingerprint density at radius 3 is 2.67 bits per heavy atom. The van der Waals surface area contributed by atoms with E-state index < -0.39 is 0 Å². The molecule has 2 atom stereocenters. The van der Waals surface area contributed by atoms with Crippen molar-refractivity contribution >= 4 is 5.91 Å². The molecule has 0 spiro atoms. The second-order valence-corrected chi connectivity index (χ2v) is 4.79. The van der Waals surface area contributed by atoms with Gasteiger partial charge in [-0.1, -0.05) is 13.8 Å². The lowest BCUT2D eigenvalue weighted by atomic mass is 9.96. The van der Waals surface area contributed by atoms with Gasteiger partial charge in [0.05, 0.1) is 12.0 Å². The molecular formula is C11H22N2O2. The van der Waals surface area contributed by atoms with Crippen molar-refractivity contribution in [3.63, 3.8) is 0 Å². The van der Waals surface area contributed by atoms with E-state index in [1.165, 1.54) is 0 Å². The lowest BCUT2D eigenvalue weighted by Gasteiger charge is -2.23. The molecule has 0 bridgehead atoms. The Hall–Kier alpha value is -0.610. The number of amides is 1. The van der Waals surface area contributed by atoms with Crippen molar-refractivity contribution in [1.29, 1.82) is 0 Å². The number of rotatable bonds is 4. The molecule has 1 aliphatic rings. The number of nitrogens with zero attached hydrogens (tertiary/aromatic N) is 1. The second-order valence-electron chi connectivity index (χ2n) is 4.79. The third-order valence-electron chi connectivity index (χ3n) is 2.86. The molecule has 0 aromatic heterocycles. The van der Waals surface area contributed by atoms with Crippen molar-refractivity contribution in [3.05, 3.63) is 0 Å². The van der Waals surface area contributed by atoms with Crippen LogP contribution in [0.25, 0.3) is 0 Å². The van der Waals surface area contributed by atoms with Crippen molar-refractivity contribution in [3.8, 4) is 0 Å². The van der Waals surface area contributed by atoms with Gasteiger partial charge in [0, 0.05) is 19.6 Å². The monoisotopic (exact) mass is 214 g/mol. The zero-order valence-corrected chi connectivity index (χ0v) is 9.65. The molecule has 4 nitrogen and oxygen atoms in total. The summed E-state index contributed by atoms with van der Waals surface area (Å²) in [6.45, 7) is 5.75. The topological polar surface area (TPSA) is 66.6 Å². The quantitative estimate of drug-likeness (QED) is 0.702. The summed E-state index contributed by atoms with van der Waals surface area (Å²) < 4.78 is 0. The molecule has 88 valence electrons. The van der Waals surface area contributed by atoms with Gasteiger partial charge in [0.15, 0.2) is 0 Å². The van der Waals surface area contributed by atoms with Crippen LogP contribution in [0.4, 0.5) is 0 Å². The average molecular weight is 214 g/mol. The molecule has 1 amide bonds. The normalized spacial score (nSPS) is 23.5. The fraction of sp³-hybridized carbons (Fsp3) is 0.909. The van der Waals surface area contributed by atoms with Crippen molar-refractivity contribution in [2.24, 2.45) is 17.6 Å². The van der Waals surface area contributed by atoms with Gasteiger partial charge in [0.2, 0.25) is 5.91 Å². The van der Waals surface area contributed by atoms with E-state index in [9.17, 15) is 9.90 Å². The SMILES string of the molecule is CC(C)CC(CN)C(=O)N1CC[C@H](O)C1. The Morgan fingerprint density at radius 1 is 1.60 bits per heavy atom. The Morgan fingerprint density at radius 2 is 2.27 bits per heavy atom. The maximum atomic E-state index is 12.0. The highest BCUT2D eigenvalue weighted by molar-refractivity contribution is 5.79. The van der Waals surface area contributed by atoms with E-state index in [0.29, 0.717) is 32.0 Å². The number of likely N-dealkylation sites (tertiary alicyclic amines) is 1. The molecule has 4 heteroatoms. The smallest absolute Gasteiger partial charge is 0.227 e. The standard InChI is InChI=1S/C11H22N2O2/c1-8(2)5-9(6-12)11(15)13-4-3-10(14)7-13/h8-10,14H,3-7,12H2,1-2H3/t9?,10-/m0/s1. The number of aliphatic hydroxyl groups is 1. The highest BCUT2D eigenvalue weighted by Gasteiger charge is 2.29. The predicted octanol–water partition coefficient (Wildman–Crippen LogP) is 0.201. The Balaban J connectivity index is 2.49. The summed E-state index contributed by atoms with van der Waals surface area (Å²) >= 11 is 0. The van der Waals surface area contributed by atoms with Gasteiger partial charge in [-0.05, 0) is 18.8 Å². The van der Waals surface area contributed by atoms with Crippen LogP contribution in [0, 0.1) is 11.8 Å². The molecule has 0 saturated carbocycles. The van der Waals surface area contributed by atoms with E-state index >= 15 is 0 Å². The maximum Gasteiger partial charge on any atom is 0.227 e. The van der Waals surface area contributed by atoms with Crippen LogP contribution in [0.15, 0.2) is 0 Å². The van der Waals surface area contributed by atoms with E-state index in [1.807, 2.05) is 0 Å². The van der Waals surface area contributed by atoms with Gasteiger partial charge in [0.25, 0.3) is 0 Å². The molecule has 1 aliphatic heterocycles. The highest BCUT2D eigenvalue weighted by Crippen LogP contribution is 2.17. The maximum absolute atomic E-state index is 12.0. The summed E-state index contributed by atoms with van der Waals surface area (Å²) in [5.41, 5.74) is 5.61. The number of carbonyl (C=O) groups excluding carboxylic acids is 1. The zero-order chi connectivity index (χ0) is 11.4. The van der Waals surface area contributed by atoms with Crippen LogP contribution in [-0.2, 0) is 4.79 Å². The van der Waals surface area contributed by atoms with E-state index in [0.717, 1.165) is 6.42 Å². The summed E-state index contributed by atoms with van der Waals surface area (Å²) in [5, 5.41) is 9.36. The van der Waals surface area contributed by atoms with E-state index in [4.69, 9.17) is 5.73 Å². The molecule has 1 rings (SSSR count). The van der Waals surface area contributed by atoms with Crippen molar-refractivity contribution in [1.82, 2.24) is 4.90 Å². The van der Waals surface area contributed by atoms with Gasteiger partial charge in [0.1, 0.15) is 0 Å². The van der Waals surface area contributed by atoms with Gasteiger partial charge in [-0.3, -0.25) is 4.79 Å². The summed E-state index contributed by atoms with van der Waals surface area (Å²) in [4.78, 5) is 13.7. The molecule has 1 fully saturated rings. The fourth-order valence-electron chi connectivity index (χ4n) is 2.07. The van der Waals surface area contributed by atoms with Crippen LogP contribution in [-0.4, -0.2) is 41.7 Å². The molecular weight excluding hydrogens is 192 g/mol. The number of aliphatic hydroxyl groups excluding tert-OH is 1. The summed E-state index contributed by atoms with van der Waals surface area (Å²) in [6, 6.07) is 0. The summed E-state index contributed by atoms with van der Waals surface area (Å²) in [7, 11) is 0. The van der Waals surface area contributed by atoms with Crippen LogP contribution >= 0.6 is 0 Å². The molecule has 0 aromatic rings. The molecule has 15 heavy (non-hydrogen) atoms. The van der Waals surface area contributed by atoms with Crippen LogP contribution in [0.3, 0.4) is 0 Å². The molecule has 1 unspecified atom stereocenters. The first-order valence-corrected chi connectivity index (χ1v) is 5.71. The lowest BCUT2D eigenvalue weighted by Crippen LogP contribution is -2.38. The zero-order valence-electron chi connectivity index (χ0n) is 9.65. The minimum Gasteiger partial charge on any atom is -0.391 e. The van der Waals surface area contributed by atoms with Crippen LogP contribution < -0.4 is 5.73 Å². The number of β-amino-alcohol motifs (C(OH)–C–C–N with tert-alkyl or cyclic N) is 1. The number of hydrogen-bond donors (Lipinski definition) is 2. The molecule has 0 aromatic carbocycles. The molecule has 0 radical (unpaired) electrons. The van der Waals surface area contributed by atoms with E-state index in [1.54, 1.807) is 4.90 Å². The summed E-state index contributed by atoms with van der Waals surface area (Å²) in [6.07, 6.45) is 1.19. The lowest BCUT2D eigenvalue weighted by molar-refractivity contribution is -0.135. The van der Waals surface area contributed by atoms with Crippen LogP contribution in [0.1, 0.15) is 26.7 Å². The first kappa shape index (κ1) is 12.5. The third-order valence-corrected chi connectivity index (χ3v) is 2.86. The Bertz CT molecular complexity index is 219. The second kappa shape index (κ2) is 5.47. The van der Waals surface area contributed by atoms with Crippen molar-refractivity contribution in [2.75, 3.05) is 19.6 Å². The Kier molecular flexibility index (Phi) is 4.54. The molecule has 1 saturated heterocycles. The number of carbonyl (C=O) groups is 1. The predicted molar refractivity (Wildman–Crippen MR) is 59.2 cm³/mol. The molecule has 0 aliphatic carbocycles.